The van der Waals surface area contributed by atoms with Gasteiger partial charge in [0.05, 0.1) is 24.1 Å². The molecule has 0 atom stereocenters. The second-order valence-electron chi connectivity index (χ2n) is 3.95. The van der Waals surface area contributed by atoms with E-state index in [4.69, 9.17) is 5.11 Å². The summed E-state index contributed by atoms with van der Waals surface area (Å²) in [5.41, 5.74) is 2.29. The van der Waals surface area contributed by atoms with Crippen LogP contribution in [0.2, 0.25) is 0 Å². The molecule has 19 heavy (non-hydrogen) atoms. The summed E-state index contributed by atoms with van der Waals surface area (Å²) in [6.07, 6.45) is 1.20. The number of hydrogen-bond acceptors (Lipinski definition) is 5. The number of aryl methyl sites for hydroxylation is 1. The van der Waals surface area contributed by atoms with Crippen LogP contribution in [0.4, 0.5) is 0 Å². The van der Waals surface area contributed by atoms with Gasteiger partial charge in [-0.1, -0.05) is 0 Å². The van der Waals surface area contributed by atoms with Crippen LogP contribution in [0.1, 0.15) is 31.5 Å². The Morgan fingerprint density at radius 1 is 1.47 bits per heavy atom. The van der Waals surface area contributed by atoms with Crippen LogP contribution >= 0.6 is 11.3 Å². The van der Waals surface area contributed by atoms with Gasteiger partial charge in [0.25, 0.3) is 5.91 Å². The van der Waals surface area contributed by atoms with Crippen LogP contribution in [-0.2, 0) is 6.54 Å². The SMILES string of the molecule is Cc1ncsc1CN(C)C(=O)c1nc[nH]c1C(=O)O. The van der Waals surface area contributed by atoms with Gasteiger partial charge in [-0.15, -0.1) is 11.3 Å². The molecule has 2 aromatic rings. The van der Waals surface area contributed by atoms with Crippen LogP contribution in [0.5, 0.6) is 0 Å². The number of H-pyrrole nitrogens is 1. The van der Waals surface area contributed by atoms with Crippen LogP contribution in [0.15, 0.2) is 11.8 Å². The van der Waals surface area contributed by atoms with Gasteiger partial charge in [0, 0.05) is 11.9 Å². The maximum absolute atomic E-state index is 12.1. The molecule has 2 aromatic heterocycles. The number of aromatic nitrogens is 3. The fourth-order valence-corrected chi connectivity index (χ4v) is 2.39. The molecule has 0 bridgehead atoms. The van der Waals surface area contributed by atoms with E-state index < -0.39 is 11.9 Å². The Kier molecular flexibility index (Phi) is 3.61. The standard InChI is InChI=1S/C11H12N4O3S/c1-6-7(19-5-14-6)3-15(2)10(16)8-9(11(17)18)13-4-12-8/h4-5H,3H2,1-2H3,(H,12,13)(H,17,18). The average Bonchev–Trinajstić information content (AvgIpc) is 2.98. The van der Waals surface area contributed by atoms with Crippen molar-refractivity contribution in [2.45, 2.75) is 13.5 Å². The first kappa shape index (κ1) is 13.2. The molecular formula is C11H12N4O3S. The monoisotopic (exact) mass is 280 g/mol. The average molecular weight is 280 g/mol. The van der Waals surface area contributed by atoms with Gasteiger partial charge in [-0.25, -0.2) is 14.8 Å². The maximum atomic E-state index is 12.1. The maximum Gasteiger partial charge on any atom is 0.354 e. The molecule has 0 spiro atoms. The zero-order chi connectivity index (χ0) is 14.0. The summed E-state index contributed by atoms with van der Waals surface area (Å²) in [6.45, 7) is 2.24. The van der Waals surface area contributed by atoms with Crippen molar-refractivity contribution in [3.63, 3.8) is 0 Å². The Balaban J connectivity index is 2.17. The number of carboxylic acid groups (broad SMARTS) is 1. The molecular weight excluding hydrogens is 268 g/mol. The lowest BCUT2D eigenvalue weighted by Gasteiger charge is -2.15. The van der Waals surface area contributed by atoms with Gasteiger partial charge in [-0.2, -0.15) is 0 Å². The number of carboxylic acids is 1. The first-order valence-corrected chi connectivity index (χ1v) is 6.29. The normalized spacial score (nSPS) is 10.4. The van der Waals surface area contributed by atoms with Crippen LogP contribution in [0.25, 0.3) is 0 Å². The molecule has 8 heteroatoms. The number of carbonyl (C=O) groups excluding carboxylic acids is 1. The van der Waals surface area contributed by atoms with E-state index >= 15 is 0 Å². The number of aromatic carboxylic acids is 1. The Hall–Kier alpha value is -2.22. The quantitative estimate of drug-likeness (QED) is 0.875. The third-order valence-corrected chi connectivity index (χ3v) is 3.55. The second-order valence-corrected chi connectivity index (χ2v) is 4.89. The molecule has 2 heterocycles. The molecule has 0 aliphatic rings. The van der Waals surface area contributed by atoms with Gasteiger partial charge in [0.15, 0.2) is 11.4 Å². The van der Waals surface area contributed by atoms with Crippen molar-refractivity contribution in [1.29, 1.82) is 0 Å². The van der Waals surface area contributed by atoms with E-state index in [0.717, 1.165) is 10.6 Å². The first-order chi connectivity index (χ1) is 9.00. The molecule has 1 amide bonds. The van der Waals surface area contributed by atoms with E-state index in [1.807, 2.05) is 6.92 Å². The summed E-state index contributed by atoms with van der Waals surface area (Å²) >= 11 is 1.45. The fourth-order valence-electron chi connectivity index (χ4n) is 1.57. The van der Waals surface area contributed by atoms with Crippen LogP contribution in [-0.4, -0.2) is 43.9 Å². The minimum Gasteiger partial charge on any atom is -0.477 e. The minimum absolute atomic E-state index is 0.0860. The Morgan fingerprint density at radius 3 is 2.79 bits per heavy atom. The number of rotatable bonds is 4. The molecule has 0 radical (unpaired) electrons. The first-order valence-electron chi connectivity index (χ1n) is 5.41. The van der Waals surface area contributed by atoms with E-state index in [9.17, 15) is 9.59 Å². The molecule has 0 unspecified atom stereocenters. The number of carbonyl (C=O) groups is 2. The number of thiazole rings is 1. The van der Waals surface area contributed by atoms with Crippen molar-refractivity contribution in [3.05, 3.63) is 33.8 Å². The summed E-state index contributed by atoms with van der Waals surface area (Å²) in [5, 5.41) is 8.94. The van der Waals surface area contributed by atoms with Gasteiger partial charge >= 0.3 is 5.97 Å². The van der Waals surface area contributed by atoms with Crippen LogP contribution in [0, 0.1) is 6.92 Å². The molecule has 100 valence electrons. The number of amides is 1. The zero-order valence-electron chi connectivity index (χ0n) is 10.4. The summed E-state index contributed by atoms with van der Waals surface area (Å²) in [4.78, 5) is 35.8. The minimum atomic E-state index is -1.21. The number of nitrogens with zero attached hydrogens (tertiary/aromatic N) is 3. The Bertz CT molecular complexity index is 619. The predicted molar refractivity (Wildman–Crippen MR) is 68.2 cm³/mol. The highest BCUT2D eigenvalue weighted by molar-refractivity contribution is 7.09. The highest BCUT2D eigenvalue weighted by atomic mass is 32.1. The molecule has 0 saturated heterocycles. The fraction of sp³-hybridized carbons (Fsp3) is 0.273. The second kappa shape index (κ2) is 5.19. The number of aromatic amines is 1. The molecule has 0 fully saturated rings. The largest absolute Gasteiger partial charge is 0.477 e. The van der Waals surface area contributed by atoms with Gasteiger partial charge in [0.1, 0.15) is 0 Å². The lowest BCUT2D eigenvalue weighted by Crippen LogP contribution is -2.28. The molecule has 2 N–H and O–H groups in total. The number of imidazole rings is 1. The van der Waals surface area contributed by atoms with Gasteiger partial charge < -0.3 is 15.0 Å². The number of nitrogens with one attached hydrogen (secondary N) is 1. The van der Waals surface area contributed by atoms with Crippen molar-refractivity contribution >= 4 is 23.2 Å². The van der Waals surface area contributed by atoms with E-state index in [1.165, 1.54) is 22.6 Å². The number of hydrogen-bond donors (Lipinski definition) is 2. The summed E-state index contributed by atoms with van der Waals surface area (Å²) in [5.74, 6) is -1.64. The van der Waals surface area contributed by atoms with Crippen molar-refractivity contribution < 1.29 is 14.7 Å². The van der Waals surface area contributed by atoms with Crippen LogP contribution < -0.4 is 0 Å². The van der Waals surface area contributed by atoms with Crippen LogP contribution in [0.3, 0.4) is 0 Å². The van der Waals surface area contributed by atoms with Crippen molar-refractivity contribution in [2.75, 3.05) is 7.05 Å². The van der Waals surface area contributed by atoms with Gasteiger partial charge in [0.2, 0.25) is 0 Å². The van der Waals surface area contributed by atoms with Gasteiger partial charge in [-0.3, -0.25) is 4.79 Å². The van der Waals surface area contributed by atoms with Crippen molar-refractivity contribution in [3.8, 4) is 0 Å². The van der Waals surface area contributed by atoms with Crippen molar-refractivity contribution in [1.82, 2.24) is 19.9 Å². The Morgan fingerprint density at radius 2 is 2.21 bits per heavy atom. The lowest BCUT2D eigenvalue weighted by atomic mass is 10.3. The summed E-state index contributed by atoms with van der Waals surface area (Å²) in [7, 11) is 1.60. The highest BCUT2D eigenvalue weighted by Crippen LogP contribution is 2.16. The molecule has 0 aliphatic carbocycles. The van der Waals surface area contributed by atoms with Crippen molar-refractivity contribution in [2.24, 2.45) is 0 Å². The van der Waals surface area contributed by atoms with E-state index in [0.29, 0.717) is 6.54 Å². The molecule has 2 rings (SSSR count). The smallest absolute Gasteiger partial charge is 0.354 e. The summed E-state index contributed by atoms with van der Waals surface area (Å²) < 4.78 is 0. The van der Waals surface area contributed by atoms with E-state index in [-0.39, 0.29) is 11.4 Å². The Labute approximate surface area is 112 Å². The molecule has 0 aromatic carbocycles. The topological polar surface area (TPSA) is 99.2 Å². The lowest BCUT2D eigenvalue weighted by molar-refractivity contribution is 0.0674. The highest BCUT2D eigenvalue weighted by Gasteiger charge is 2.23. The zero-order valence-corrected chi connectivity index (χ0v) is 11.2. The molecule has 0 saturated carbocycles. The third kappa shape index (κ3) is 2.63. The molecule has 0 aliphatic heterocycles. The van der Waals surface area contributed by atoms with Gasteiger partial charge in [-0.05, 0) is 6.92 Å². The van der Waals surface area contributed by atoms with E-state index in [2.05, 4.69) is 15.0 Å². The molecule has 7 nitrogen and oxygen atoms in total. The van der Waals surface area contributed by atoms with E-state index in [1.54, 1.807) is 12.6 Å². The summed E-state index contributed by atoms with van der Waals surface area (Å²) in [6, 6.07) is 0. The predicted octanol–water partition coefficient (Wildman–Crippen LogP) is 1.15. The third-order valence-electron chi connectivity index (χ3n) is 2.63.